The molecule has 0 fully saturated rings. The van der Waals surface area contributed by atoms with Crippen LogP contribution in [0.5, 0.6) is 0 Å². The monoisotopic (exact) mass is 297 g/mol. The predicted octanol–water partition coefficient (Wildman–Crippen LogP) is 3.26. The van der Waals surface area contributed by atoms with Crippen LogP contribution in [0.15, 0.2) is 0 Å². The fourth-order valence-corrected chi connectivity index (χ4v) is 2.35. The average molecular weight is 297 g/mol. The van der Waals surface area contributed by atoms with Gasteiger partial charge in [0.1, 0.15) is 0 Å². The summed E-state index contributed by atoms with van der Waals surface area (Å²) in [7, 11) is 1.54. The Bertz CT molecular complexity index is 418. The van der Waals surface area contributed by atoms with E-state index < -0.39 is 5.97 Å². The lowest BCUT2D eigenvalue weighted by molar-refractivity contribution is 0.0684. The standard InChI is InChI=1S/C15H27N3O3/c1-3-4-5-6-7-8-9-10-11-18-13(12-21-2)14(15(19)20)16-17-18/h3-12H2,1-2H3,(H,19,20). The van der Waals surface area contributed by atoms with Crippen LogP contribution in [0.3, 0.4) is 0 Å². The number of hydrogen-bond acceptors (Lipinski definition) is 4. The highest BCUT2D eigenvalue weighted by Crippen LogP contribution is 2.11. The number of methoxy groups -OCH3 is 1. The minimum absolute atomic E-state index is 0.00332. The molecule has 21 heavy (non-hydrogen) atoms. The molecule has 0 amide bonds. The summed E-state index contributed by atoms with van der Waals surface area (Å²) in [5, 5.41) is 16.7. The van der Waals surface area contributed by atoms with Crippen LogP contribution in [0.2, 0.25) is 0 Å². The van der Waals surface area contributed by atoms with E-state index in [1.54, 1.807) is 11.8 Å². The van der Waals surface area contributed by atoms with E-state index in [1.807, 2.05) is 0 Å². The largest absolute Gasteiger partial charge is 0.476 e. The maximum absolute atomic E-state index is 11.0. The molecule has 0 saturated heterocycles. The molecule has 0 saturated carbocycles. The molecule has 0 aliphatic heterocycles. The van der Waals surface area contributed by atoms with Crippen LogP contribution in [0, 0.1) is 0 Å². The van der Waals surface area contributed by atoms with Crippen molar-refractivity contribution in [2.45, 2.75) is 71.4 Å². The number of ether oxygens (including phenoxy) is 1. The number of carboxylic acids is 1. The van der Waals surface area contributed by atoms with E-state index in [1.165, 1.54) is 38.5 Å². The van der Waals surface area contributed by atoms with Gasteiger partial charge in [-0.3, -0.25) is 0 Å². The van der Waals surface area contributed by atoms with Gasteiger partial charge in [-0.2, -0.15) is 0 Å². The molecule has 0 spiro atoms. The number of rotatable bonds is 12. The fourth-order valence-electron chi connectivity index (χ4n) is 2.35. The molecular weight excluding hydrogens is 270 g/mol. The Morgan fingerprint density at radius 3 is 2.33 bits per heavy atom. The van der Waals surface area contributed by atoms with Gasteiger partial charge in [0, 0.05) is 13.7 Å². The Balaban J connectivity index is 2.30. The van der Waals surface area contributed by atoms with E-state index in [2.05, 4.69) is 17.2 Å². The number of aromatic nitrogens is 3. The van der Waals surface area contributed by atoms with E-state index in [4.69, 9.17) is 9.84 Å². The fraction of sp³-hybridized carbons (Fsp3) is 0.800. The Labute approximate surface area is 126 Å². The molecule has 120 valence electrons. The van der Waals surface area contributed by atoms with Crippen molar-refractivity contribution in [3.05, 3.63) is 11.4 Å². The Hall–Kier alpha value is -1.43. The number of nitrogens with zero attached hydrogens (tertiary/aromatic N) is 3. The molecule has 1 aromatic heterocycles. The van der Waals surface area contributed by atoms with Crippen LogP contribution in [-0.4, -0.2) is 33.2 Å². The number of carboxylic acid groups (broad SMARTS) is 1. The smallest absolute Gasteiger partial charge is 0.358 e. The summed E-state index contributed by atoms with van der Waals surface area (Å²) in [6, 6.07) is 0. The van der Waals surface area contributed by atoms with Gasteiger partial charge in [-0.1, -0.05) is 57.1 Å². The minimum atomic E-state index is -1.05. The third-order valence-electron chi connectivity index (χ3n) is 3.54. The number of hydrogen-bond donors (Lipinski definition) is 1. The zero-order valence-electron chi connectivity index (χ0n) is 13.2. The number of aryl methyl sites for hydroxylation is 1. The second kappa shape index (κ2) is 10.3. The van der Waals surface area contributed by atoms with Gasteiger partial charge >= 0.3 is 5.97 Å². The molecule has 0 aromatic carbocycles. The van der Waals surface area contributed by atoms with E-state index >= 15 is 0 Å². The van der Waals surface area contributed by atoms with Crippen LogP contribution in [0.1, 0.15) is 74.5 Å². The van der Waals surface area contributed by atoms with Crippen LogP contribution in [-0.2, 0) is 17.9 Å². The summed E-state index contributed by atoms with van der Waals surface area (Å²) in [6.45, 7) is 3.15. The Kier molecular flexibility index (Phi) is 8.66. The Morgan fingerprint density at radius 2 is 1.76 bits per heavy atom. The third kappa shape index (κ3) is 6.25. The van der Waals surface area contributed by atoms with Crippen molar-refractivity contribution < 1.29 is 14.6 Å². The van der Waals surface area contributed by atoms with Crippen molar-refractivity contribution in [1.82, 2.24) is 15.0 Å². The van der Waals surface area contributed by atoms with Gasteiger partial charge in [-0.25, -0.2) is 9.48 Å². The van der Waals surface area contributed by atoms with Crippen molar-refractivity contribution in [1.29, 1.82) is 0 Å². The van der Waals surface area contributed by atoms with Crippen molar-refractivity contribution in [3.63, 3.8) is 0 Å². The molecule has 0 unspecified atom stereocenters. The Morgan fingerprint density at radius 1 is 1.14 bits per heavy atom. The van der Waals surface area contributed by atoms with Gasteiger partial charge in [0.2, 0.25) is 0 Å². The summed E-state index contributed by atoms with van der Waals surface area (Å²) in [4.78, 5) is 11.0. The third-order valence-corrected chi connectivity index (χ3v) is 3.54. The summed E-state index contributed by atoms with van der Waals surface area (Å²) in [5.41, 5.74) is 0.546. The van der Waals surface area contributed by atoms with Crippen molar-refractivity contribution >= 4 is 5.97 Å². The quantitative estimate of drug-likeness (QED) is 0.599. The molecule has 0 aliphatic carbocycles. The highest BCUT2D eigenvalue weighted by Gasteiger charge is 2.18. The average Bonchev–Trinajstić information content (AvgIpc) is 2.85. The van der Waals surface area contributed by atoms with Crippen molar-refractivity contribution in [2.24, 2.45) is 0 Å². The van der Waals surface area contributed by atoms with E-state index in [-0.39, 0.29) is 12.3 Å². The van der Waals surface area contributed by atoms with Crippen LogP contribution in [0.4, 0.5) is 0 Å². The number of aromatic carboxylic acids is 1. The molecule has 6 heteroatoms. The van der Waals surface area contributed by atoms with Crippen molar-refractivity contribution in [2.75, 3.05) is 7.11 Å². The van der Waals surface area contributed by atoms with Crippen LogP contribution in [0.25, 0.3) is 0 Å². The second-order valence-electron chi connectivity index (χ2n) is 5.32. The number of unbranched alkanes of at least 4 members (excludes halogenated alkanes) is 7. The van der Waals surface area contributed by atoms with E-state index in [0.717, 1.165) is 12.8 Å². The molecule has 6 nitrogen and oxygen atoms in total. The first-order valence-corrected chi connectivity index (χ1v) is 7.85. The molecular formula is C15H27N3O3. The zero-order valence-corrected chi connectivity index (χ0v) is 13.2. The van der Waals surface area contributed by atoms with Crippen LogP contribution < -0.4 is 0 Å². The maximum Gasteiger partial charge on any atom is 0.358 e. The SMILES string of the molecule is CCCCCCCCCCn1nnc(C(=O)O)c1COC. The lowest BCUT2D eigenvalue weighted by atomic mass is 10.1. The topological polar surface area (TPSA) is 77.2 Å². The molecule has 1 aromatic rings. The predicted molar refractivity (Wildman–Crippen MR) is 80.3 cm³/mol. The summed E-state index contributed by atoms with van der Waals surface area (Å²) in [5.74, 6) is -1.05. The van der Waals surface area contributed by atoms with Crippen molar-refractivity contribution in [3.8, 4) is 0 Å². The molecule has 0 atom stereocenters. The summed E-state index contributed by atoms with van der Waals surface area (Å²) in [6.07, 6.45) is 9.90. The molecule has 1 rings (SSSR count). The lowest BCUT2D eigenvalue weighted by Gasteiger charge is -2.06. The second-order valence-corrected chi connectivity index (χ2v) is 5.32. The number of carbonyl (C=O) groups is 1. The maximum atomic E-state index is 11.0. The minimum Gasteiger partial charge on any atom is -0.476 e. The first kappa shape index (κ1) is 17.6. The highest BCUT2D eigenvalue weighted by atomic mass is 16.5. The van der Waals surface area contributed by atoms with Gasteiger partial charge in [0.15, 0.2) is 5.69 Å². The first-order valence-electron chi connectivity index (χ1n) is 7.85. The van der Waals surface area contributed by atoms with E-state index in [0.29, 0.717) is 12.2 Å². The molecule has 1 N–H and O–H groups in total. The summed E-state index contributed by atoms with van der Waals surface area (Å²) >= 11 is 0. The molecule has 0 bridgehead atoms. The first-order chi connectivity index (χ1) is 10.2. The summed E-state index contributed by atoms with van der Waals surface area (Å²) < 4.78 is 6.69. The molecule has 0 aliphatic rings. The van der Waals surface area contributed by atoms with Gasteiger partial charge in [0.05, 0.1) is 12.3 Å². The highest BCUT2D eigenvalue weighted by molar-refractivity contribution is 5.86. The lowest BCUT2D eigenvalue weighted by Crippen LogP contribution is -2.09. The zero-order chi connectivity index (χ0) is 15.5. The van der Waals surface area contributed by atoms with Gasteiger partial charge in [0.25, 0.3) is 0 Å². The van der Waals surface area contributed by atoms with E-state index in [9.17, 15) is 4.79 Å². The van der Waals surface area contributed by atoms with Crippen LogP contribution >= 0.6 is 0 Å². The molecule has 0 radical (unpaired) electrons. The van der Waals surface area contributed by atoms with Gasteiger partial charge < -0.3 is 9.84 Å². The normalized spacial score (nSPS) is 11.0. The molecule has 1 heterocycles. The van der Waals surface area contributed by atoms with Gasteiger partial charge in [-0.15, -0.1) is 5.10 Å². The van der Waals surface area contributed by atoms with Gasteiger partial charge in [-0.05, 0) is 6.42 Å².